The molecule has 0 aliphatic rings. The average molecular weight is 390 g/mol. The fourth-order valence-corrected chi connectivity index (χ4v) is 3.71. The van der Waals surface area contributed by atoms with Crippen molar-refractivity contribution in [2.24, 2.45) is 0 Å². The minimum atomic E-state index is -0.682. The summed E-state index contributed by atoms with van der Waals surface area (Å²) >= 11 is 0. The van der Waals surface area contributed by atoms with Crippen molar-refractivity contribution in [2.75, 3.05) is 13.7 Å². The van der Waals surface area contributed by atoms with E-state index >= 15 is 0 Å². The van der Waals surface area contributed by atoms with Gasteiger partial charge in [0, 0.05) is 28.5 Å². The molecule has 0 unspecified atom stereocenters. The van der Waals surface area contributed by atoms with E-state index < -0.39 is 11.5 Å². The van der Waals surface area contributed by atoms with Crippen LogP contribution < -0.4 is 15.7 Å². The second-order valence-electron chi connectivity index (χ2n) is 7.06. The van der Waals surface area contributed by atoms with Crippen LogP contribution in [-0.4, -0.2) is 24.5 Å². The number of hydrogen-bond donors (Lipinski definition) is 2. The maximum Gasteiger partial charge on any atom is 0.349 e. The smallest absolute Gasteiger partial charge is 0.349 e. The highest BCUT2D eigenvalue weighted by molar-refractivity contribution is 5.97. The van der Waals surface area contributed by atoms with Gasteiger partial charge in [-0.2, -0.15) is 0 Å². The fraction of sp³-hybridized carbons (Fsp3) is 0.217. The Labute approximate surface area is 167 Å². The molecule has 0 aliphatic heterocycles. The number of para-hydroxylation sites is 2. The minimum Gasteiger partial charge on any atom is -0.493 e. The first kappa shape index (κ1) is 18.8. The zero-order valence-electron chi connectivity index (χ0n) is 16.6. The second kappa shape index (κ2) is 7.47. The van der Waals surface area contributed by atoms with Gasteiger partial charge < -0.3 is 19.5 Å². The molecule has 0 radical (unpaired) electrons. The molecule has 6 nitrogen and oxygen atoms in total. The summed E-state index contributed by atoms with van der Waals surface area (Å²) < 4.78 is 10.5. The molecule has 0 saturated heterocycles. The highest BCUT2D eigenvalue weighted by Gasteiger charge is 2.16. The van der Waals surface area contributed by atoms with Crippen LogP contribution in [0.5, 0.6) is 5.75 Å². The summed E-state index contributed by atoms with van der Waals surface area (Å²) in [7, 11) is 1.50. The summed E-state index contributed by atoms with van der Waals surface area (Å²) in [6.07, 6.45) is 0.660. The number of carbonyl (C=O) groups is 1. The van der Waals surface area contributed by atoms with Gasteiger partial charge in [-0.3, -0.25) is 4.79 Å². The topological polar surface area (TPSA) is 84.3 Å². The van der Waals surface area contributed by atoms with Crippen molar-refractivity contribution in [1.82, 2.24) is 10.3 Å². The Morgan fingerprint density at radius 3 is 2.76 bits per heavy atom. The monoisotopic (exact) mass is 390 g/mol. The van der Waals surface area contributed by atoms with Gasteiger partial charge in [-0.1, -0.05) is 30.3 Å². The van der Waals surface area contributed by atoms with Gasteiger partial charge in [0.25, 0.3) is 5.91 Å². The quantitative estimate of drug-likeness (QED) is 0.507. The van der Waals surface area contributed by atoms with E-state index in [1.807, 2.05) is 13.0 Å². The zero-order valence-corrected chi connectivity index (χ0v) is 16.6. The first-order valence-electron chi connectivity index (χ1n) is 9.45. The predicted molar refractivity (Wildman–Crippen MR) is 113 cm³/mol. The minimum absolute atomic E-state index is 0.0164. The van der Waals surface area contributed by atoms with E-state index in [9.17, 15) is 9.59 Å². The first-order valence-corrected chi connectivity index (χ1v) is 9.45. The van der Waals surface area contributed by atoms with E-state index in [4.69, 9.17) is 9.15 Å². The molecule has 4 rings (SSSR count). The molecule has 2 aromatic carbocycles. The number of aromatic amines is 1. The summed E-state index contributed by atoms with van der Waals surface area (Å²) in [4.78, 5) is 28.3. The largest absolute Gasteiger partial charge is 0.493 e. The van der Waals surface area contributed by atoms with Gasteiger partial charge in [0.1, 0.15) is 5.56 Å². The first-order chi connectivity index (χ1) is 14.0. The highest BCUT2D eigenvalue weighted by atomic mass is 16.5. The lowest BCUT2D eigenvalue weighted by molar-refractivity contribution is 0.0950. The van der Waals surface area contributed by atoms with Crippen LogP contribution in [0.25, 0.3) is 21.9 Å². The van der Waals surface area contributed by atoms with E-state index in [1.165, 1.54) is 18.2 Å². The van der Waals surface area contributed by atoms with Crippen LogP contribution in [0.4, 0.5) is 0 Å². The summed E-state index contributed by atoms with van der Waals surface area (Å²) in [5.41, 5.74) is 4.19. The molecule has 2 heterocycles. The van der Waals surface area contributed by atoms with Crippen molar-refractivity contribution in [3.8, 4) is 5.75 Å². The number of methoxy groups -OCH3 is 1. The predicted octanol–water partition coefficient (Wildman–Crippen LogP) is 3.87. The summed E-state index contributed by atoms with van der Waals surface area (Å²) in [5, 5.41) is 4.63. The van der Waals surface area contributed by atoms with Gasteiger partial charge in [0.15, 0.2) is 11.3 Å². The van der Waals surface area contributed by atoms with Crippen molar-refractivity contribution >= 4 is 27.8 Å². The van der Waals surface area contributed by atoms with Gasteiger partial charge >= 0.3 is 5.63 Å². The Kier molecular flexibility index (Phi) is 4.84. The molecule has 4 aromatic rings. The highest BCUT2D eigenvalue weighted by Crippen LogP contribution is 2.25. The third kappa shape index (κ3) is 3.38. The van der Waals surface area contributed by atoms with Crippen molar-refractivity contribution in [3.63, 3.8) is 0 Å². The molecule has 2 N–H and O–H groups in total. The van der Waals surface area contributed by atoms with Gasteiger partial charge in [-0.15, -0.1) is 0 Å². The number of fused-ring (bicyclic) bond motifs is 2. The van der Waals surface area contributed by atoms with E-state index in [0.717, 1.165) is 16.6 Å². The second-order valence-corrected chi connectivity index (χ2v) is 7.06. The number of nitrogens with one attached hydrogen (secondary N) is 2. The van der Waals surface area contributed by atoms with E-state index in [1.54, 1.807) is 24.3 Å². The third-order valence-electron chi connectivity index (χ3n) is 5.21. The van der Waals surface area contributed by atoms with Crippen LogP contribution in [0.1, 0.15) is 27.2 Å². The maximum atomic E-state index is 12.6. The molecule has 0 saturated carbocycles. The lowest BCUT2D eigenvalue weighted by atomic mass is 10.1. The van der Waals surface area contributed by atoms with Gasteiger partial charge in [0.2, 0.25) is 0 Å². The van der Waals surface area contributed by atoms with Crippen molar-refractivity contribution in [2.45, 2.75) is 20.3 Å². The molecule has 148 valence electrons. The average Bonchev–Trinajstić information content (AvgIpc) is 3.04. The number of rotatable bonds is 5. The molecule has 2 aromatic heterocycles. The summed E-state index contributed by atoms with van der Waals surface area (Å²) in [6, 6.07) is 13.0. The lowest BCUT2D eigenvalue weighted by Gasteiger charge is -2.07. The standard InChI is InChI=1S/C23H22N2O4/c1-13-6-4-8-17-16(14(2)25-20(13)17)10-11-24-22(26)18-12-15-7-5-9-19(28-3)21(15)29-23(18)27/h4-9,12,25H,10-11H2,1-3H3,(H,24,26). The Morgan fingerprint density at radius 1 is 1.17 bits per heavy atom. The number of carbonyl (C=O) groups excluding carboxylic acids is 1. The maximum absolute atomic E-state index is 12.6. The molecule has 6 heteroatoms. The lowest BCUT2D eigenvalue weighted by Crippen LogP contribution is -2.30. The molecule has 0 aliphatic carbocycles. The molecule has 1 amide bonds. The third-order valence-corrected chi connectivity index (χ3v) is 5.21. The van der Waals surface area contributed by atoms with E-state index in [0.29, 0.717) is 29.7 Å². The number of aromatic nitrogens is 1. The Balaban J connectivity index is 1.54. The number of H-pyrrole nitrogens is 1. The number of amides is 1. The molecule has 0 spiro atoms. The van der Waals surface area contributed by atoms with Crippen LogP contribution >= 0.6 is 0 Å². The number of hydrogen-bond acceptors (Lipinski definition) is 4. The SMILES string of the molecule is COc1cccc2cc(C(=O)NCCc3c(C)[nH]c4c(C)cccc34)c(=O)oc12. The molecular weight excluding hydrogens is 368 g/mol. The van der Waals surface area contributed by atoms with Crippen molar-refractivity contribution < 1.29 is 13.9 Å². The van der Waals surface area contributed by atoms with Crippen LogP contribution in [0.2, 0.25) is 0 Å². The van der Waals surface area contributed by atoms with Crippen molar-refractivity contribution in [3.05, 3.63) is 75.3 Å². The van der Waals surface area contributed by atoms with Crippen LogP contribution in [-0.2, 0) is 6.42 Å². The van der Waals surface area contributed by atoms with Crippen LogP contribution in [0, 0.1) is 13.8 Å². The molecule has 0 atom stereocenters. The van der Waals surface area contributed by atoms with Crippen LogP contribution in [0.15, 0.2) is 51.7 Å². The number of ether oxygens (including phenoxy) is 1. The van der Waals surface area contributed by atoms with Gasteiger partial charge in [0.05, 0.1) is 7.11 Å². The molecular formula is C23H22N2O4. The summed E-state index contributed by atoms with van der Waals surface area (Å²) in [5.74, 6) is 0.00816. The van der Waals surface area contributed by atoms with Crippen molar-refractivity contribution in [1.29, 1.82) is 0 Å². The fourth-order valence-electron chi connectivity index (χ4n) is 3.71. The van der Waals surface area contributed by atoms with E-state index in [2.05, 4.69) is 29.4 Å². The Morgan fingerprint density at radius 2 is 1.97 bits per heavy atom. The normalized spacial score (nSPS) is 11.1. The van der Waals surface area contributed by atoms with Gasteiger partial charge in [-0.25, -0.2) is 4.79 Å². The Bertz CT molecular complexity index is 1280. The van der Waals surface area contributed by atoms with E-state index in [-0.39, 0.29) is 5.56 Å². The summed E-state index contributed by atoms with van der Waals surface area (Å²) in [6.45, 7) is 4.51. The molecule has 0 bridgehead atoms. The molecule has 29 heavy (non-hydrogen) atoms. The molecule has 0 fully saturated rings. The van der Waals surface area contributed by atoms with Gasteiger partial charge in [-0.05, 0) is 43.5 Å². The number of aryl methyl sites for hydroxylation is 2. The zero-order chi connectivity index (χ0) is 20.5. The number of benzene rings is 2. The Hall–Kier alpha value is -3.54. The van der Waals surface area contributed by atoms with Crippen LogP contribution in [0.3, 0.4) is 0 Å².